The Morgan fingerprint density at radius 1 is 1.04 bits per heavy atom. The molecule has 0 radical (unpaired) electrons. The maximum atomic E-state index is 12.1. The lowest BCUT2D eigenvalue weighted by molar-refractivity contribution is -0.123. The number of likely N-dealkylation sites (N-methyl/N-ethyl adjacent to an activating group) is 1. The second kappa shape index (κ2) is 10.6. The lowest BCUT2D eigenvalue weighted by atomic mass is 10.2. The van der Waals surface area contributed by atoms with Gasteiger partial charge >= 0.3 is 0 Å². The van der Waals surface area contributed by atoms with Gasteiger partial charge in [-0.2, -0.15) is 5.10 Å². The summed E-state index contributed by atoms with van der Waals surface area (Å²) in [6.45, 7) is 2.27. The van der Waals surface area contributed by atoms with Crippen LogP contribution in [0.5, 0.6) is 17.2 Å². The number of hydrogen-bond acceptors (Lipinski definition) is 6. The monoisotopic (exact) mass is 385 g/mol. The Morgan fingerprint density at radius 2 is 1.79 bits per heavy atom. The maximum absolute atomic E-state index is 12.1. The molecular formula is C20H23N3O5. The highest BCUT2D eigenvalue weighted by molar-refractivity contribution is 5.95. The zero-order chi connectivity index (χ0) is 20.4. The predicted molar refractivity (Wildman–Crippen MR) is 105 cm³/mol. The lowest BCUT2D eigenvalue weighted by Gasteiger charge is -2.11. The molecular weight excluding hydrogens is 362 g/mol. The van der Waals surface area contributed by atoms with Crippen molar-refractivity contribution in [2.75, 3.05) is 27.4 Å². The Kier molecular flexibility index (Phi) is 7.83. The van der Waals surface area contributed by atoms with Crippen LogP contribution in [0.2, 0.25) is 0 Å². The smallest absolute Gasteiger partial charge is 0.271 e. The number of hydrazone groups is 1. The number of rotatable bonds is 9. The number of carbonyl (C=O) groups excluding carboxylic acids is 2. The van der Waals surface area contributed by atoms with Crippen LogP contribution in [0.3, 0.4) is 0 Å². The molecule has 2 aromatic rings. The SMILES string of the molecule is CCNC(=O)COc1ccc(/C=N\NC(=O)c2ccc(OC)cc2)cc1OC. The summed E-state index contributed by atoms with van der Waals surface area (Å²) in [5.74, 6) is 1.01. The third-order valence-electron chi connectivity index (χ3n) is 3.65. The van der Waals surface area contributed by atoms with Crippen molar-refractivity contribution in [3.05, 3.63) is 53.6 Å². The maximum Gasteiger partial charge on any atom is 0.271 e. The van der Waals surface area contributed by atoms with E-state index in [1.165, 1.54) is 13.3 Å². The summed E-state index contributed by atoms with van der Waals surface area (Å²) < 4.78 is 15.8. The number of methoxy groups -OCH3 is 2. The first-order valence-electron chi connectivity index (χ1n) is 8.62. The van der Waals surface area contributed by atoms with Crippen LogP contribution in [-0.2, 0) is 4.79 Å². The fourth-order valence-electron chi connectivity index (χ4n) is 2.25. The first kappa shape index (κ1) is 20.8. The summed E-state index contributed by atoms with van der Waals surface area (Å²) in [4.78, 5) is 23.6. The van der Waals surface area contributed by atoms with E-state index in [1.807, 2.05) is 6.92 Å². The predicted octanol–water partition coefficient (Wildman–Crippen LogP) is 1.98. The molecule has 2 rings (SSSR count). The molecule has 8 nitrogen and oxygen atoms in total. The molecule has 0 atom stereocenters. The van der Waals surface area contributed by atoms with Gasteiger partial charge < -0.3 is 19.5 Å². The zero-order valence-corrected chi connectivity index (χ0v) is 16.0. The summed E-state index contributed by atoms with van der Waals surface area (Å²) in [6, 6.07) is 11.8. The van der Waals surface area contributed by atoms with Crippen LogP contribution in [0.4, 0.5) is 0 Å². The van der Waals surface area contributed by atoms with Gasteiger partial charge in [0.25, 0.3) is 11.8 Å². The van der Waals surface area contributed by atoms with Crippen LogP contribution >= 0.6 is 0 Å². The number of nitrogens with one attached hydrogen (secondary N) is 2. The van der Waals surface area contributed by atoms with E-state index in [0.29, 0.717) is 34.9 Å². The van der Waals surface area contributed by atoms with Crippen molar-refractivity contribution in [3.63, 3.8) is 0 Å². The molecule has 28 heavy (non-hydrogen) atoms. The third kappa shape index (κ3) is 6.01. The van der Waals surface area contributed by atoms with Gasteiger partial charge in [0.2, 0.25) is 0 Å². The highest BCUT2D eigenvalue weighted by Gasteiger charge is 2.08. The van der Waals surface area contributed by atoms with Crippen molar-refractivity contribution < 1.29 is 23.8 Å². The van der Waals surface area contributed by atoms with Gasteiger partial charge in [0.15, 0.2) is 18.1 Å². The number of hydrogen-bond donors (Lipinski definition) is 2. The second-order valence-corrected chi connectivity index (χ2v) is 5.58. The molecule has 0 aliphatic heterocycles. The summed E-state index contributed by atoms with van der Waals surface area (Å²) >= 11 is 0. The van der Waals surface area contributed by atoms with Crippen molar-refractivity contribution in [2.45, 2.75) is 6.92 Å². The van der Waals surface area contributed by atoms with Crippen LogP contribution in [0.25, 0.3) is 0 Å². The molecule has 0 spiro atoms. The van der Waals surface area contributed by atoms with Crippen molar-refractivity contribution in [2.24, 2.45) is 5.10 Å². The Balaban J connectivity index is 1.97. The fourth-order valence-corrected chi connectivity index (χ4v) is 2.25. The van der Waals surface area contributed by atoms with Crippen LogP contribution in [-0.4, -0.2) is 45.4 Å². The summed E-state index contributed by atoms with van der Waals surface area (Å²) in [5, 5.41) is 6.60. The molecule has 0 fully saturated rings. The molecule has 2 amide bonds. The number of benzene rings is 2. The van der Waals surface area contributed by atoms with Crippen molar-refractivity contribution in [1.82, 2.24) is 10.7 Å². The number of ether oxygens (including phenoxy) is 3. The van der Waals surface area contributed by atoms with E-state index in [-0.39, 0.29) is 18.4 Å². The highest BCUT2D eigenvalue weighted by atomic mass is 16.5. The highest BCUT2D eigenvalue weighted by Crippen LogP contribution is 2.27. The van der Waals surface area contributed by atoms with Crippen molar-refractivity contribution >= 4 is 18.0 Å². The van der Waals surface area contributed by atoms with E-state index in [1.54, 1.807) is 49.6 Å². The first-order chi connectivity index (χ1) is 13.6. The Labute approximate surface area is 163 Å². The van der Waals surface area contributed by atoms with Gasteiger partial charge in [-0.3, -0.25) is 9.59 Å². The summed E-state index contributed by atoms with van der Waals surface area (Å²) in [7, 11) is 3.06. The van der Waals surface area contributed by atoms with Crippen LogP contribution in [0.1, 0.15) is 22.8 Å². The van der Waals surface area contributed by atoms with E-state index in [2.05, 4.69) is 15.8 Å². The topological polar surface area (TPSA) is 98.2 Å². The Bertz CT molecular complexity index is 834. The minimum Gasteiger partial charge on any atom is -0.497 e. The van der Waals surface area contributed by atoms with E-state index in [9.17, 15) is 9.59 Å². The molecule has 8 heteroatoms. The minimum atomic E-state index is -0.340. The molecule has 0 aromatic heterocycles. The third-order valence-corrected chi connectivity index (χ3v) is 3.65. The van der Waals surface area contributed by atoms with Crippen molar-refractivity contribution in [3.8, 4) is 17.2 Å². The minimum absolute atomic E-state index is 0.102. The van der Waals surface area contributed by atoms with Gasteiger partial charge in [-0.1, -0.05) is 0 Å². The molecule has 2 aromatic carbocycles. The van der Waals surface area contributed by atoms with E-state index in [4.69, 9.17) is 14.2 Å². The van der Waals surface area contributed by atoms with Crippen molar-refractivity contribution in [1.29, 1.82) is 0 Å². The molecule has 0 bridgehead atoms. The fraction of sp³-hybridized carbons (Fsp3) is 0.250. The quantitative estimate of drug-likeness (QED) is 0.508. The molecule has 0 aliphatic rings. The van der Waals surface area contributed by atoms with E-state index in [0.717, 1.165) is 0 Å². The van der Waals surface area contributed by atoms with E-state index >= 15 is 0 Å². The molecule has 0 unspecified atom stereocenters. The van der Waals surface area contributed by atoms with Crippen LogP contribution in [0, 0.1) is 0 Å². The number of carbonyl (C=O) groups is 2. The standard InChI is InChI=1S/C20H23N3O5/c1-4-21-19(24)13-28-17-10-5-14(11-18(17)27-3)12-22-23-20(25)15-6-8-16(26-2)9-7-15/h5-12H,4,13H2,1-3H3,(H,21,24)(H,23,25)/b22-12-. The zero-order valence-electron chi connectivity index (χ0n) is 16.0. The lowest BCUT2D eigenvalue weighted by Crippen LogP contribution is -2.28. The molecule has 0 heterocycles. The molecule has 0 aliphatic carbocycles. The first-order valence-corrected chi connectivity index (χ1v) is 8.62. The van der Waals surface area contributed by atoms with Crippen LogP contribution in [0.15, 0.2) is 47.6 Å². The molecule has 148 valence electrons. The van der Waals surface area contributed by atoms with Gasteiger partial charge in [0, 0.05) is 12.1 Å². The molecule has 0 saturated carbocycles. The number of amides is 2. The van der Waals surface area contributed by atoms with E-state index < -0.39 is 0 Å². The second-order valence-electron chi connectivity index (χ2n) is 5.58. The summed E-state index contributed by atoms with van der Waals surface area (Å²) in [5.41, 5.74) is 3.61. The average Bonchev–Trinajstić information content (AvgIpc) is 2.72. The summed E-state index contributed by atoms with van der Waals surface area (Å²) in [6.07, 6.45) is 1.48. The Hall–Kier alpha value is -3.55. The largest absolute Gasteiger partial charge is 0.497 e. The normalized spacial score (nSPS) is 10.4. The average molecular weight is 385 g/mol. The Morgan fingerprint density at radius 3 is 2.43 bits per heavy atom. The number of nitrogens with zero attached hydrogens (tertiary/aromatic N) is 1. The van der Waals surface area contributed by atoms with Gasteiger partial charge in [-0.05, 0) is 55.0 Å². The van der Waals surface area contributed by atoms with Gasteiger partial charge in [-0.25, -0.2) is 5.43 Å². The van der Waals surface area contributed by atoms with Gasteiger partial charge in [0.1, 0.15) is 5.75 Å². The molecule has 0 saturated heterocycles. The van der Waals surface area contributed by atoms with Gasteiger partial charge in [-0.15, -0.1) is 0 Å². The van der Waals surface area contributed by atoms with Crippen LogP contribution < -0.4 is 25.0 Å². The molecule has 2 N–H and O–H groups in total. The van der Waals surface area contributed by atoms with Gasteiger partial charge in [0.05, 0.1) is 20.4 Å².